The Morgan fingerprint density at radius 2 is 2.15 bits per heavy atom. The number of aryl methyl sites for hydroxylation is 1. The summed E-state index contributed by atoms with van der Waals surface area (Å²) in [7, 11) is 1.30. The van der Waals surface area contributed by atoms with E-state index in [1.54, 1.807) is 0 Å². The Kier molecular flexibility index (Phi) is 5.88. The molecule has 140 valence electrons. The van der Waals surface area contributed by atoms with Gasteiger partial charge in [0.1, 0.15) is 6.42 Å². The van der Waals surface area contributed by atoms with Crippen molar-refractivity contribution in [3.8, 4) is 0 Å². The Morgan fingerprint density at radius 1 is 1.35 bits per heavy atom. The van der Waals surface area contributed by atoms with Crippen LogP contribution < -0.4 is 15.5 Å². The number of hydrogen-bond acceptors (Lipinski definition) is 4. The van der Waals surface area contributed by atoms with E-state index in [0.717, 1.165) is 24.2 Å². The van der Waals surface area contributed by atoms with Crippen LogP contribution in [0, 0.1) is 0 Å². The maximum atomic E-state index is 12.6. The number of piperazine rings is 1. The van der Waals surface area contributed by atoms with E-state index in [2.05, 4.69) is 27.5 Å². The summed E-state index contributed by atoms with van der Waals surface area (Å²) >= 11 is 0. The number of hydrogen-bond donors (Lipinski definition) is 3. The maximum Gasteiger partial charge on any atom is 0.312 e. The fourth-order valence-corrected chi connectivity index (χ4v) is 3.88. The number of benzene rings is 1. The zero-order valence-electron chi connectivity index (χ0n) is 15.0. The molecule has 26 heavy (non-hydrogen) atoms. The molecule has 1 aromatic carbocycles. The van der Waals surface area contributed by atoms with Crippen molar-refractivity contribution >= 4 is 17.8 Å². The number of esters is 1. The zero-order chi connectivity index (χ0) is 18.5. The summed E-state index contributed by atoms with van der Waals surface area (Å²) in [6.45, 7) is 1.29. The fourth-order valence-electron chi connectivity index (χ4n) is 3.88. The second kappa shape index (κ2) is 8.31. The molecule has 0 bridgehead atoms. The molecular formula is C19H26N3O4+. The summed E-state index contributed by atoms with van der Waals surface area (Å²) in [5.41, 5.74) is 2.47. The lowest BCUT2D eigenvalue weighted by Gasteiger charge is -2.32. The molecule has 2 aliphatic rings. The number of carbonyl (C=O) groups excluding carboxylic acids is 3. The third-order valence-electron chi connectivity index (χ3n) is 5.25. The van der Waals surface area contributed by atoms with Crippen LogP contribution in [-0.4, -0.2) is 50.6 Å². The molecule has 0 saturated carbocycles. The summed E-state index contributed by atoms with van der Waals surface area (Å²) in [5, 5.41) is 5.88. The molecule has 0 aromatic heterocycles. The normalized spacial score (nSPS) is 25.0. The SMILES string of the molecule is COC(=O)C[C@@H]1C(=O)NCC[NH+]1CC(=O)N[C@@H]1CCCc2ccccc21. The molecule has 1 aromatic rings. The minimum absolute atomic E-state index is 0.0167. The monoisotopic (exact) mass is 360 g/mol. The molecule has 1 heterocycles. The molecule has 3 rings (SSSR count). The molecule has 2 amide bonds. The van der Waals surface area contributed by atoms with Gasteiger partial charge in [-0.05, 0) is 30.4 Å². The maximum absolute atomic E-state index is 12.6. The highest BCUT2D eigenvalue weighted by Crippen LogP contribution is 2.29. The summed E-state index contributed by atoms with van der Waals surface area (Å²) in [6, 6.07) is 7.64. The van der Waals surface area contributed by atoms with E-state index in [9.17, 15) is 14.4 Å². The molecule has 1 fully saturated rings. The predicted molar refractivity (Wildman–Crippen MR) is 94.4 cm³/mol. The van der Waals surface area contributed by atoms with Gasteiger partial charge in [0.05, 0.1) is 26.2 Å². The molecular weight excluding hydrogens is 334 g/mol. The van der Waals surface area contributed by atoms with E-state index in [4.69, 9.17) is 0 Å². The van der Waals surface area contributed by atoms with Gasteiger partial charge in [-0.1, -0.05) is 24.3 Å². The van der Waals surface area contributed by atoms with Crippen molar-refractivity contribution in [1.82, 2.24) is 10.6 Å². The highest BCUT2D eigenvalue weighted by atomic mass is 16.5. The molecule has 1 aliphatic heterocycles. The first-order valence-corrected chi connectivity index (χ1v) is 9.14. The second-order valence-electron chi connectivity index (χ2n) is 6.92. The van der Waals surface area contributed by atoms with Crippen molar-refractivity contribution < 1.29 is 24.0 Å². The molecule has 0 spiro atoms. The van der Waals surface area contributed by atoms with E-state index in [-0.39, 0.29) is 30.8 Å². The van der Waals surface area contributed by atoms with Crippen LogP contribution in [0.25, 0.3) is 0 Å². The Balaban J connectivity index is 1.63. The first-order valence-electron chi connectivity index (χ1n) is 9.14. The highest BCUT2D eigenvalue weighted by molar-refractivity contribution is 5.86. The first-order chi connectivity index (χ1) is 12.6. The lowest BCUT2D eigenvalue weighted by Crippen LogP contribution is -3.20. The quantitative estimate of drug-likeness (QED) is 0.596. The fraction of sp³-hybridized carbons (Fsp3) is 0.526. The van der Waals surface area contributed by atoms with Gasteiger partial charge in [-0.3, -0.25) is 14.4 Å². The van der Waals surface area contributed by atoms with Gasteiger partial charge in [0, 0.05) is 0 Å². The van der Waals surface area contributed by atoms with Gasteiger partial charge in [0.15, 0.2) is 12.6 Å². The van der Waals surface area contributed by atoms with Gasteiger partial charge in [-0.25, -0.2) is 0 Å². The minimum Gasteiger partial charge on any atom is -0.469 e. The second-order valence-corrected chi connectivity index (χ2v) is 6.92. The van der Waals surface area contributed by atoms with E-state index in [1.807, 2.05) is 12.1 Å². The third kappa shape index (κ3) is 4.22. The van der Waals surface area contributed by atoms with Crippen molar-refractivity contribution in [1.29, 1.82) is 0 Å². The molecule has 1 aliphatic carbocycles. The van der Waals surface area contributed by atoms with Crippen LogP contribution in [-0.2, 0) is 25.5 Å². The van der Waals surface area contributed by atoms with Gasteiger partial charge in [-0.2, -0.15) is 0 Å². The largest absolute Gasteiger partial charge is 0.469 e. The Bertz CT molecular complexity index is 691. The van der Waals surface area contributed by atoms with Gasteiger partial charge in [0.25, 0.3) is 11.8 Å². The number of quaternary nitrogens is 1. The van der Waals surface area contributed by atoms with Crippen LogP contribution in [0.3, 0.4) is 0 Å². The summed E-state index contributed by atoms with van der Waals surface area (Å²) in [6.07, 6.45) is 2.99. The van der Waals surface area contributed by atoms with Gasteiger partial charge >= 0.3 is 5.97 Å². The van der Waals surface area contributed by atoms with Crippen LogP contribution in [0.1, 0.15) is 36.4 Å². The van der Waals surface area contributed by atoms with Crippen LogP contribution in [0.4, 0.5) is 0 Å². The summed E-state index contributed by atoms with van der Waals surface area (Å²) in [5.74, 6) is -0.732. The van der Waals surface area contributed by atoms with E-state index >= 15 is 0 Å². The van der Waals surface area contributed by atoms with Gasteiger partial charge in [0.2, 0.25) is 0 Å². The van der Waals surface area contributed by atoms with E-state index < -0.39 is 12.0 Å². The number of fused-ring (bicyclic) bond motifs is 1. The smallest absolute Gasteiger partial charge is 0.312 e. The van der Waals surface area contributed by atoms with Crippen LogP contribution in [0.2, 0.25) is 0 Å². The average molecular weight is 360 g/mol. The number of carbonyl (C=O) groups is 3. The number of rotatable bonds is 5. The first kappa shape index (κ1) is 18.4. The lowest BCUT2D eigenvalue weighted by atomic mass is 9.88. The van der Waals surface area contributed by atoms with E-state index in [1.165, 1.54) is 18.2 Å². The van der Waals surface area contributed by atoms with Crippen molar-refractivity contribution in [3.63, 3.8) is 0 Å². The number of nitrogens with one attached hydrogen (secondary N) is 3. The van der Waals surface area contributed by atoms with Crippen molar-refractivity contribution in [2.75, 3.05) is 26.7 Å². The van der Waals surface area contributed by atoms with Crippen molar-refractivity contribution in [2.24, 2.45) is 0 Å². The van der Waals surface area contributed by atoms with Crippen molar-refractivity contribution in [3.05, 3.63) is 35.4 Å². The van der Waals surface area contributed by atoms with Crippen molar-refractivity contribution in [2.45, 2.75) is 37.8 Å². The zero-order valence-corrected chi connectivity index (χ0v) is 15.0. The molecule has 1 unspecified atom stereocenters. The Hall–Kier alpha value is -2.41. The number of methoxy groups -OCH3 is 1. The van der Waals surface area contributed by atoms with Crippen LogP contribution >= 0.6 is 0 Å². The number of amides is 2. The molecule has 7 heteroatoms. The number of ether oxygens (including phenoxy) is 1. The molecule has 1 saturated heterocycles. The average Bonchev–Trinajstić information content (AvgIpc) is 2.64. The molecule has 3 N–H and O–H groups in total. The van der Waals surface area contributed by atoms with Gasteiger partial charge < -0.3 is 20.3 Å². The Morgan fingerprint density at radius 3 is 2.96 bits per heavy atom. The summed E-state index contributed by atoms with van der Waals surface area (Å²) < 4.78 is 4.68. The molecule has 3 atom stereocenters. The summed E-state index contributed by atoms with van der Waals surface area (Å²) in [4.78, 5) is 37.1. The van der Waals surface area contributed by atoms with Crippen LogP contribution in [0.15, 0.2) is 24.3 Å². The van der Waals surface area contributed by atoms with Crippen LogP contribution in [0.5, 0.6) is 0 Å². The topological polar surface area (TPSA) is 88.9 Å². The highest BCUT2D eigenvalue weighted by Gasteiger charge is 2.37. The minimum atomic E-state index is -0.583. The predicted octanol–water partition coefficient (Wildman–Crippen LogP) is -0.873. The van der Waals surface area contributed by atoms with Gasteiger partial charge in [-0.15, -0.1) is 0 Å². The van der Waals surface area contributed by atoms with E-state index in [0.29, 0.717) is 13.1 Å². The Labute approximate surface area is 153 Å². The molecule has 7 nitrogen and oxygen atoms in total. The molecule has 0 radical (unpaired) electrons. The lowest BCUT2D eigenvalue weighted by molar-refractivity contribution is -0.909. The standard InChI is InChI=1S/C19H25N3O4/c1-26-18(24)11-16-19(25)20-9-10-22(16)12-17(23)21-15-8-4-6-13-5-2-3-7-14(13)15/h2-3,5,7,15-16H,4,6,8-12H2,1H3,(H,20,25)(H,21,23)/p+1/t15-,16-/m1/s1. The third-order valence-corrected chi connectivity index (χ3v) is 5.25.